The van der Waals surface area contributed by atoms with E-state index in [9.17, 15) is 9.59 Å². The van der Waals surface area contributed by atoms with Crippen LogP contribution in [-0.2, 0) is 0 Å². The second kappa shape index (κ2) is 12.1. The largest absolute Gasteiger partial charge is 0.494 e. The van der Waals surface area contributed by atoms with Gasteiger partial charge in [-0.2, -0.15) is 0 Å². The summed E-state index contributed by atoms with van der Waals surface area (Å²) in [5.74, 6) is 1.12. The molecule has 0 aliphatic heterocycles. The van der Waals surface area contributed by atoms with Gasteiger partial charge in [-0.05, 0) is 99.5 Å². The van der Waals surface area contributed by atoms with E-state index in [0.29, 0.717) is 58.5 Å². The molecule has 0 aliphatic rings. The van der Waals surface area contributed by atoms with Gasteiger partial charge in [0.25, 0.3) is 0 Å². The second-order valence-electron chi connectivity index (χ2n) is 8.58. The highest BCUT2D eigenvalue weighted by Crippen LogP contribution is 2.35. The quantitative estimate of drug-likeness (QED) is 0.175. The van der Waals surface area contributed by atoms with Gasteiger partial charge in [-0.1, -0.05) is 24.3 Å². The Morgan fingerprint density at radius 2 is 0.868 bits per heavy atom. The summed E-state index contributed by atoms with van der Waals surface area (Å²) in [7, 11) is 0. The SMILES string of the molecule is CCOc1ccc(OC(=O)c2cccc(C)c2-c2c(C)cccc2C(=O)Oc2ccc(OCC)cc2)cc1. The maximum absolute atomic E-state index is 13.4. The van der Waals surface area contributed by atoms with Crippen molar-refractivity contribution in [3.63, 3.8) is 0 Å². The van der Waals surface area contributed by atoms with Gasteiger partial charge in [0.05, 0.1) is 24.3 Å². The van der Waals surface area contributed by atoms with Crippen LogP contribution in [0.2, 0.25) is 0 Å². The molecule has 194 valence electrons. The molecule has 0 spiro atoms. The molecule has 4 rings (SSSR count). The zero-order chi connectivity index (χ0) is 27.1. The van der Waals surface area contributed by atoms with Crippen LogP contribution in [0.5, 0.6) is 23.0 Å². The average molecular weight is 511 g/mol. The molecule has 4 aromatic rings. The fraction of sp³-hybridized carbons (Fsp3) is 0.188. The number of benzene rings is 4. The number of ether oxygens (including phenoxy) is 4. The van der Waals surface area contributed by atoms with E-state index < -0.39 is 11.9 Å². The number of hydrogen-bond acceptors (Lipinski definition) is 6. The van der Waals surface area contributed by atoms with Gasteiger partial charge in [-0.15, -0.1) is 0 Å². The zero-order valence-electron chi connectivity index (χ0n) is 21.9. The maximum atomic E-state index is 13.4. The third-order valence-electron chi connectivity index (χ3n) is 5.93. The van der Waals surface area contributed by atoms with Crippen molar-refractivity contribution in [2.24, 2.45) is 0 Å². The minimum absolute atomic E-state index is 0.350. The molecular weight excluding hydrogens is 480 g/mol. The van der Waals surface area contributed by atoms with Crippen LogP contribution in [0.15, 0.2) is 84.9 Å². The first-order chi connectivity index (χ1) is 18.4. The topological polar surface area (TPSA) is 71.1 Å². The Morgan fingerprint density at radius 3 is 1.21 bits per heavy atom. The van der Waals surface area contributed by atoms with Crippen molar-refractivity contribution in [2.45, 2.75) is 27.7 Å². The average Bonchev–Trinajstić information content (AvgIpc) is 2.91. The number of hydrogen-bond donors (Lipinski definition) is 0. The Kier molecular flexibility index (Phi) is 8.44. The molecule has 0 heterocycles. The number of rotatable bonds is 9. The van der Waals surface area contributed by atoms with Crippen LogP contribution in [0.3, 0.4) is 0 Å². The highest BCUT2D eigenvalue weighted by atomic mass is 16.5. The molecule has 0 amide bonds. The van der Waals surface area contributed by atoms with Crippen molar-refractivity contribution in [1.29, 1.82) is 0 Å². The van der Waals surface area contributed by atoms with E-state index in [1.54, 1.807) is 72.8 Å². The summed E-state index contributed by atoms with van der Waals surface area (Å²) in [6.07, 6.45) is 0. The van der Waals surface area contributed by atoms with E-state index in [0.717, 1.165) is 11.1 Å². The number of carbonyl (C=O) groups excluding carboxylic acids is 2. The van der Waals surface area contributed by atoms with Crippen LogP contribution < -0.4 is 18.9 Å². The lowest BCUT2D eigenvalue weighted by atomic mass is 9.88. The van der Waals surface area contributed by atoms with Crippen LogP contribution in [0.25, 0.3) is 11.1 Å². The van der Waals surface area contributed by atoms with Gasteiger partial charge in [0.1, 0.15) is 23.0 Å². The molecule has 6 nitrogen and oxygen atoms in total. The molecule has 0 atom stereocenters. The summed E-state index contributed by atoms with van der Waals surface area (Å²) in [4.78, 5) is 26.7. The summed E-state index contributed by atoms with van der Waals surface area (Å²) in [6.45, 7) is 8.70. The molecular formula is C32H30O6. The number of esters is 2. The second-order valence-corrected chi connectivity index (χ2v) is 8.58. The summed E-state index contributed by atoms with van der Waals surface area (Å²) < 4.78 is 22.3. The van der Waals surface area contributed by atoms with Crippen molar-refractivity contribution in [3.8, 4) is 34.1 Å². The molecule has 38 heavy (non-hydrogen) atoms. The van der Waals surface area contributed by atoms with Crippen molar-refractivity contribution < 1.29 is 28.5 Å². The van der Waals surface area contributed by atoms with Crippen molar-refractivity contribution in [3.05, 3.63) is 107 Å². The van der Waals surface area contributed by atoms with Gasteiger partial charge in [0.15, 0.2) is 0 Å². The normalized spacial score (nSPS) is 10.5. The lowest BCUT2D eigenvalue weighted by molar-refractivity contribution is 0.0723. The minimum Gasteiger partial charge on any atom is -0.494 e. The molecule has 0 aromatic heterocycles. The zero-order valence-corrected chi connectivity index (χ0v) is 21.9. The molecule has 0 aliphatic carbocycles. The van der Waals surface area contributed by atoms with E-state index in [1.807, 2.05) is 39.8 Å². The molecule has 0 unspecified atom stereocenters. The molecule has 4 aromatic carbocycles. The standard InChI is InChI=1S/C32H30O6/c1-5-35-23-13-17-25(18-14-23)37-31(33)27-11-7-9-21(3)29(27)30-22(4)10-8-12-28(30)32(34)38-26-19-15-24(16-20-26)36-6-2/h7-20H,5-6H2,1-4H3. The van der Waals surface area contributed by atoms with Crippen LogP contribution in [0.1, 0.15) is 45.7 Å². The minimum atomic E-state index is -0.526. The monoisotopic (exact) mass is 510 g/mol. The third-order valence-corrected chi connectivity index (χ3v) is 5.93. The van der Waals surface area contributed by atoms with E-state index in [4.69, 9.17) is 18.9 Å². The smallest absolute Gasteiger partial charge is 0.344 e. The fourth-order valence-corrected chi connectivity index (χ4v) is 4.20. The predicted molar refractivity (Wildman–Crippen MR) is 146 cm³/mol. The Bertz CT molecular complexity index is 1310. The van der Waals surface area contributed by atoms with Crippen LogP contribution in [-0.4, -0.2) is 25.2 Å². The van der Waals surface area contributed by atoms with Gasteiger partial charge < -0.3 is 18.9 Å². The molecule has 0 N–H and O–H groups in total. The summed E-state index contributed by atoms with van der Waals surface area (Å²) >= 11 is 0. The lowest BCUT2D eigenvalue weighted by Gasteiger charge is -2.18. The number of carbonyl (C=O) groups is 2. The van der Waals surface area contributed by atoms with Crippen molar-refractivity contribution in [2.75, 3.05) is 13.2 Å². The van der Waals surface area contributed by atoms with Gasteiger partial charge in [-0.25, -0.2) is 9.59 Å². The Balaban J connectivity index is 1.67. The molecule has 0 bridgehead atoms. The van der Waals surface area contributed by atoms with Crippen LogP contribution in [0, 0.1) is 13.8 Å². The number of aryl methyl sites for hydroxylation is 2. The van der Waals surface area contributed by atoms with Gasteiger partial charge in [0.2, 0.25) is 0 Å². The maximum Gasteiger partial charge on any atom is 0.344 e. The van der Waals surface area contributed by atoms with Gasteiger partial charge in [-0.3, -0.25) is 0 Å². The molecule has 0 saturated carbocycles. The van der Waals surface area contributed by atoms with Crippen LogP contribution in [0.4, 0.5) is 0 Å². The first kappa shape index (κ1) is 26.5. The van der Waals surface area contributed by atoms with Gasteiger partial charge in [0, 0.05) is 11.1 Å². The predicted octanol–water partition coefficient (Wildman–Crippen LogP) is 7.21. The van der Waals surface area contributed by atoms with Crippen molar-refractivity contribution in [1.82, 2.24) is 0 Å². The van der Waals surface area contributed by atoms with Gasteiger partial charge >= 0.3 is 11.9 Å². The molecule has 0 radical (unpaired) electrons. The Morgan fingerprint density at radius 1 is 0.526 bits per heavy atom. The lowest BCUT2D eigenvalue weighted by Crippen LogP contribution is -2.14. The third kappa shape index (κ3) is 6.03. The van der Waals surface area contributed by atoms with E-state index in [-0.39, 0.29) is 0 Å². The van der Waals surface area contributed by atoms with E-state index in [1.165, 1.54) is 0 Å². The summed E-state index contributed by atoms with van der Waals surface area (Å²) in [5.41, 5.74) is 3.61. The fourth-order valence-electron chi connectivity index (χ4n) is 4.20. The summed E-state index contributed by atoms with van der Waals surface area (Å²) in [6, 6.07) is 24.5. The molecule has 0 saturated heterocycles. The molecule has 6 heteroatoms. The summed E-state index contributed by atoms with van der Waals surface area (Å²) in [5, 5.41) is 0. The highest BCUT2D eigenvalue weighted by Gasteiger charge is 2.24. The first-order valence-electron chi connectivity index (χ1n) is 12.5. The first-order valence-corrected chi connectivity index (χ1v) is 12.5. The van der Waals surface area contributed by atoms with Crippen LogP contribution >= 0.6 is 0 Å². The Labute approximate surface area is 222 Å². The van der Waals surface area contributed by atoms with E-state index >= 15 is 0 Å². The molecule has 0 fully saturated rings. The van der Waals surface area contributed by atoms with Crippen molar-refractivity contribution >= 4 is 11.9 Å². The Hall–Kier alpha value is -4.58. The highest BCUT2D eigenvalue weighted by molar-refractivity contribution is 6.05. The van der Waals surface area contributed by atoms with E-state index in [2.05, 4.69) is 0 Å².